The Morgan fingerprint density at radius 2 is 2.11 bits per heavy atom. The van der Waals surface area contributed by atoms with E-state index in [0.29, 0.717) is 11.7 Å². The monoisotopic (exact) mass is 271 g/mol. The molecule has 98 valence electrons. The van der Waals surface area contributed by atoms with Gasteiger partial charge < -0.3 is 4.90 Å². The van der Waals surface area contributed by atoms with Crippen molar-refractivity contribution in [2.45, 2.75) is 24.2 Å². The minimum absolute atomic E-state index is 0.363. The molecule has 0 radical (unpaired) electrons. The topological polar surface area (TPSA) is 20.3 Å². The third-order valence-electron chi connectivity index (χ3n) is 4.45. The molecule has 0 unspecified atom stereocenters. The van der Waals surface area contributed by atoms with E-state index in [1.165, 1.54) is 29.0 Å². The van der Waals surface area contributed by atoms with Gasteiger partial charge in [-0.3, -0.25) is 4.79 Å². The highest BCUT2D eigenvalue weighted by molar-refractivity contribution is 7.99. The molecule has 1 aromatic carbocycles. The van der Waals surface area contributed by atoms with Crippen molar-refractivity contribution in [3.8, 4) is 0 Å². The quantitative estimate of drug-likeness (QED) is 0.723. The van der Waals surface area contributed by atoms with Gasteiger partial charge in [0.15, 0.2) is 5.78 Å². The SMILES string of the molecule is O=C1C[C@@H]2CCCN3CCSc4ccccc4C1=C23. The Balaban J connectivity index is 1.95. The third kappa shape index (κ3) is 1.75. The van der Waals surface area contributed by atoms with Gasteiger partial charge in [-0.1, -0.05) is 18.2 Å². The van der Waals surface area contributed by atoms with Crippen molar-refractivity contribution in [2.24, 2.45) is 5.92 Å². The summed E-state index contributed by atoms with van der Waals surface area (Å²) in [5, 5.41) is 0. The highest BCUT2D eigenvalue weighted by atomic mass is 32.2. The lowest BCUT2D eigenvalue weighted by molar-refractivity contribution is -0.113. The molecule has 1 fully saturated rings. The van der Waals surface area contributed by atoms with E-state index in [-0.39, 0.29) is 0 Å². The molecule has 1 saturated heterocycles. The molecule has 0 aromatic heterocycles. The summed E-state index contributed by atoms with van der Waals surface area (Å²) in [4.78, 5) is 16.3. The average molecular weight is 271 g/mol. The predicted octanol–water partition coefficient (Wildman–Crippen LogP) is 3.19. The highest BCUT2D eigenvalue weighted by Gasteiger charge is 2.39. The van der Waals surface area contributed by atoms with Crippen LogP contribution >= 0.6 is 11.8 Å². The van der Waals surface area contributed by atoms with Gasteiger partial charge in [0.05, 0.1) is 0 Å². The van der Waals surface area contributed by atoms with E-state index in [9.17, 15) is 4.79 Å². The van der Waals surface area contributed by atoms with Gasteiger partial charge in [-0.2, -0.15) is 0 Å². The fourth-order valence-electron chi connectivity index (χ4n) is 3.66. The smallest absolute Gasteiger partial charge is 0.165 e. The zero-order valence-electron chi connectivity index (χ0n) is 10.9. The van der Waals surface area contributed by atoms with Crippen LogP contribution in [0.1, 0.15) is 24.8 Å². The molecule has 0 spiro atoms. The lowest BCUT2D eigenvalue weighted by Gasteiger charge is -2.36. The standard InChI is InChI=1S/C16H17NOS/c18-13-10-11-4-3-7-17-8-9-19-14-6-2-1-5-12(14)15(13)16(11)17/h1-2,5-6,11H,3-4,7-10H2/t11-/m0/s1. The lowest BCUT2D eigenvalue weighted by Crippen LogP contribution is -2.34. The molecule has 1 aromatic rings. The van der Waals surface area contributed by atoms with E-state index >= 15 is 0 Å². The summed E-state index contributed by atoms with van der Waals surface area (Å²) < 4.78 is 0. The molecule has 0 N–H and O–H groups in total. The van der Waals surface area contributed by atoms with Gasteiger partial charge in [0.2, 0.25) is 0 Å². The predicted molar refractivity (Wildman–Crippen MR) is 78.0 cm³/mol. The summed E-state index contributed by atoms with van der Waals surface area (Å²) in [6, 6.07) is 8.42. The first-order chi connectivity index (χ1) is 9.34. The number of benzene rings is 1. The van der Waals surface area contributed by atoms with Gasteiger partial charge in [-0.05, 0) is 18.9 Å². The molecular weight excluding hydrogens is 254 g/mol. The Hall–Kier alpha value is -1.22. The molecule has 0 bridgehead atoms. The maximum absolute atomic E-state index is 12.5. The van der Waals surface area contributed by atoms with Gasteiger partial charge in [0.25, 0.3) is 0 Å². The van der Waals surface area contributed by atoms with Gasteiger partial charge in [-0.25, -0.2) is 0 Å². The molecule has 3 aliphatic rings. The van der Waals surface area contributed by atoms with Crippen LogP contribution in [0, 0.1) is 5.92 Å². The minimum atomic E-state index is 0.363. The first-order valence-corrected chi connectivity index (χ1v) is 8.07. The van der Waals surface area contributed by atoms with Crippen LogP contribution in [0.15, 0.2) is 34.9 Å². The highest BCUT2D eigenvalue weighted by Crippen LogP contribution is 2.45. The number of allylic oxidation sites excluding steroid dienone is 2. The van der Waals surface area contributed by atoms with Crippen LogP contribution in [0.4, 0.5) is 0 Å². The number of rotatable bonds is 0. The van der Waals surface area contributed by atoms with Crippen molar-refractivity contribution >= 4 is 23.1 Å². The third-order valence-corrected chi connectivity index (χ3v) is 5.50. The molecule has 1 atom stereocenters. The number of carbonyl (C=O) groups is 1. The Labute approximate surface area is 117 Å². The van der Waals surface area contributed by atoms with Crippen LogP contribution < -0.4 is 0 Å². The molecule has 2 aliphatic heterocycles. The lowest BCUT2D eigenvalue weighted by atomic mass is 9.94. The zero-order chi connectivity index (χ0) is 12.8. The summed E-state index contributed by atoms with van der Waals surface area (Å²) in [7, 11) is 0. The van der Waals surface area contributed by atoms with Crippen LogP contribution in [-0.2, 0) is 4.79 Å². The number of hydrogen-bond donors (Lipinski definition) is 0. The molecule has 19 heavy (non-hydrogen) atoms. The molecule has 1 aliphatic carbocycles. The summed E-state index contributed by atoms with van der Waals surface area (Å²) in [6.07, 6.45) is 3.16. The number of carbonyl (C=O) groups excluding carboxylic acids is 1. The van der Waals surface area contributed by atoms with Crippen molar-refractivity contribution < 1.29 is 4.79 Å². The maximum Gasteiger partial charge on any atom is 0.165 e. The number of nitrogens with zero attached hydrogens (tertiary/aromatic N) is 1. The first kappa shape index (κ1) is 11.6. The molecular formula is C16H17NOS. The second kappa shape index (κ2) is 4.41. The normalized spacial score (nSPS) is 25.8. The summed E-state index contributed by atoms with van der Waals surface area (Å²) in [5.74, 6) is 1.98. The van der Waals surface area contributed by atoms with E-state index in [1.54, 1.807) is 0 Å². The van der Waals surface area contributed by atoms with Crippen LogP contribution in [0.3, 0.4) is 0 Å². The van der Waals surface area contributed by atoms with Crippen LogP contribution in [0.2, 0.25) is 0 Å². The maximum atomic E-state index is 12.5. The van der Waals surface area contributed by atoms with E-state index in [0.717, 1.165) is 30.8 Å². The number of fused-ring (bicyclic) bond motifs is 2. The number of Topliss-reactive ketones (excluding diaryl/α,β-unsaturated/α-hetero) is 1. The minimum Gasteiger partial charge on any atom is -0.373 e. The van der Waals surface area contributed by atoms with Gasteiger partial charge in [0, 0.05) is 52.9 Å². The van der Waals surface area contributed by atoms with Gasteiger partial charge in [-0.15, -0.1) is 11.8 Å². The zero-order valence-corrected chi connectivity index (χ0v) is 11.7. The van der Waals surface area contributed by atoms with Crippen molar-refractivity contribution in [3.05, 3.63) is 35.5 Å². The van der Waals surface area contributed by atoms with E-state index in [4.69, 9.17) is 0 Å². The summed E-state index contributed by atoms with van der Waals surface area (Å²) >= 11 is 1.89. The van der Waals surface area contributed by atoms with Crippen LogP contribution in [0.5, 0.6) is 0 Å². The fourth-order valence-corrected chi connectivity index (χ4v) is 4.69. The molecule has 0 saturated carbocycles. The second-order valence-corrected chi connectivity index (χ2v) is 6.70. The Morgan fingerprint density at radius 3 is 3.05 bits per heavy atom. The number of piperidine rings is 1. The van der Waals surface area contributed by atoms with Gasteiger partial charge in [0.1, 0.15) is 0 Å². The van der Waals surface area contributed by atoms with Gasteiger partial charge >= 0.3 is 0 Å². The van der Waals surface area contributed by atoms with Crippen molar-refractivity contribution in [1.82, 2.24) is 4.90 Å². The van der Waals surface area contributed by atoms with Crippen LogP contribution in [0.25, 0.3) is 5.57 Å². The number of thioether (sulfide) groups is 1. The molecule has 4 rings (SSSR count). The molecule has 2 heterocycles. The van der Waals surface area contributed by atoms with E-state index in [1.807, 2.05) is 11.8 Å². The molecule has 0 amide bonds. The van der Waals surface area contributed by atoms with E-state index in [2.05, 4.69) is 29.2 Å². The van der Waals surface area contributed by atoms with Crippen molar-refractivity contribution in [3.63, 3.8) is 0 Å². The Bertz CT molecular complexity index is 578. The summed E-state index contributed by atoms with van der Waals surface area (Å²) in [6.45, 7) is 2.22. The Kier molecular flexibility index (Phi) is 2.69. The Morgan fingerprint density at radius 1 is 1.21 bits per heavy atom. The van der Waals surface area contributed by atoms with Crippen LogP contribution in [-0.4, -0.2) is 29.5 Å². The van der Waals surface area contributed by atoms with Crippen molar-refractivity contribution in [2.75, 3.05) is 18.8 Å². The number of hydrogen-bond acceptors (Lipinski definition) is 3. The molecule has 2 nitrogen and oxygen atoms in total. The largest absolute Gasteiger partial charge is 0.373 e. The number of ketones is 1. The summed E-state index contributed by atoms with van der Waals surface area (Å²) in [5.41, 5.74) is 3.58. The van der Waals surface area contributed by atoms with Crippen molar-refractivity contribution in [1.29, 1.82) is 0 Å². The van der Waals surface area contributed by atoms with E-state index < -0.39 is 0 Å². The fraction of sp³-hybridized carbons (Fsp3) is 0.438. The second-order valence-electron chi connectivity index (χ2n) is 5.56. The average Bonchev–Trinajstić information content (AvgIpc) is 2.73. The molecule has 3 heteroatoms. The first-order valence-electron chi connectivity index (χ1n) is 7.09.